The predicted octanol–water partition coefficient (Wildman–Crippen LogP) is 0.0233. The van der Waals surface area contributed by atoms with Crippen molar-refractivity contribution in [3.8, 4) is 0 Å². The quantitative estimate of drug-likeness (QED) is 0.759. The van der Waals surface area contributed by atoms with Crippen molar-refractivity contribution in [3.63, 3.8) is 0 Å². The van der Waals surface area contributed by atoms with Crippen LogP contribution in [-0.2, 0) is 6.54 Å². The maximum atomic E-state index is 11.7. The number of fused-ring (bicyclic) bond motifs is 1. The molecular weight excluding hydrogens is 232 g/mol. The summed E-state index contributed by atoms with van der Waals surface area (Å²) in [5.74, 6) is 0.661. The number of piperidine rings is 1. The van der Waals surface area contributed by atoms with E-state index in [1.54, 1.807) is 18.1 Å². The highest BCUT2D eigenvalue weighted by Crippen LogP contribution is 2.22. The molecule has 0 spiro atoms. The lowest BCUT2D eigenvalue weighted by Crippen LogP contribution is -2.37. The van der Waals surface area contributed by atoms with Gasteiger partial charge in [-0.2, -0.15) is 0 Å². The molecule has 1 saturated heterocycles. The highest BCUT2D eigenvalue weighted by atomic mass is 16.3. The van der Waals surface area contributed by atoms with E-state index in [1.165, 1.54) is 0 Å². The van der Waals surface area contributed by atoms with Gasteiger partial charge in [-0.15, -0.1) is 0 Å². The summed E-state index contributed by atoms with van der Waals surface area (Å²) in [6.07, 6.45) is 2.91. The summed E-state index contributed by atoms with van der Waals surface area (Å²) in [4.78, 5) is 24.2. The fourth-order valence-electron chi connectivity index (χ4n) is 2.43. The van der Waals surface area contributed by atoms with Crippen LogP contribution in [0.15, 0.2) is 6.20 Å². The van der Waals surface area contributed by atoms with Gasteiger partial charge < -0.3 is 14.9 Å². The molecule has 3 rings (SSSR count). The van der Waals surface area contributed by atoms with E-state index in [1.807, 2.05) is 0 Å². The van der Waals surface area contributed by atoms with Gasteiger partial charge in [-0.1, -0.05) is 0 Å². The second-order valence-corrected chi connectivity index (χ2v) is 4.91. The number of amides is 1. The molecule has 6 heteroatoms. The molecule has 1 amide bonds. The van der Waals surface area contributed by atoms with Crippen molar-refractivity contribution >= 4 is 11.9 Å². The van der Waals surface area contributed by atoms with Crippen LogP contribution < -0.4 is 4.90 Å². The first kappa shape index (κ1) is 11.4. The van der Waals surface area contributed by atoms with E-state index in [4.69, 9.17) is 0 Å². The molecule has 0 radical (unpaired) electrons. The molecule has 0 unspecified atom stereocenters. The van der Waals surface area contributed by atoms with Crippen LogP contribution in [0.2, 0.25) is 0 Å². The fraction of sp³-hybridized carbons (Fsp3) is 0.583. The van der Waals surface area contributed by atoms with Gasteiger partial charge in [0.25, 0.3) is 5.91 Å². The summed E-state index contributed by atoms with van der Waals surface area (Å²) in [5, 5.41) is 9.48. The minimum Gasteiger partial charge on any atom is -0.393 e. The molecule has 0 saturated carbocycles. The molecule has 0 bridgehead atoms. The van der Waals surface area contributed by atoms with Gasteiger partial charge in [0.05, 0.1) is 23.9 Å². The van der Waals surface area contributed by atoms with Crippen molar-refractivity contribution in [2.24, 2.45) is 0 Å². The zero-order valence-electron chi connectivity index (χ0n) is 10.3. The normalized spacial score (nSPS) is 20.4. The smallest absolute Gasteiger partial charge is 0.257 e. The summed E-state index contributed by atoms with van der Waals surface area (Å²) in [5.41, 5.74) is 1.41. The van der Waals surface area contributed by atoms with Crippen molar-refractivity contribution in [2.75, 3.05) is 25.0 Å². The fourth-order valence-corrected chi connectivity index (χ4v) is 2.43. The Balaban J connectivity index is 1.83. The molecule has 0 aromatic carbocycles. The van der Waals surface area contributed by atoms with E-state index in [2.05, 4.69) is 14.9 Å². The molecule has 0 atom stereocenters. The summed E-state index contributed by atoms with van der Waals surface area (Å²) >= 11 is 0. The molecule has 6 nitrogen and oxygen atoms in total. The van der Waals surface area contributed by atoms with Gasteiger partial charge in [0.1, 0.15) is 0 Å². The standard InChI is InChI=1S/C12H16N4O2/c1-15-7-10-9(11(15)18)6-13-12(14-10)16-4-2-8(17)3-5-16/h6,8,17H,2-5,7H2,1H3. The number of aliphatic hydroxyl groups is 1. The summed E-state index contributed by atoms with van der Waals surface area (Å²) < 4.78 is 0. The van der Waals surface area contributed by atoms with Crippen molar-refractivity contribution in [1.82, 2.24) is 14.9 Å². The first-order chi connectivity index (χ1) is 8.65. The molecular formula is C12H16N4O2. The predicted molar refractivity (Wildman–Crippen MR) is 65.3 cm³/mol. The van der Waals surface area contributed by atoms with E-state index in [0.29, 0.717) is 18.1 Å². The average Bonchev–Trinajstić information content (AvgIpc) is 2.65. The molecule has 1 aromatic heterocycles. The number of hydrogen-bond acceptors (Lipinski definition) is 5. The first-order valence-electron chi connectivity index (χ1n) is 6.19. The van der Waals surface area contributed by atoms with Crippen molar-refractivity contribution in [2.45, 2.75) is 25.5 Å². The van der Waals surface area contributed by atoms with Gasteiger partial charge >= 0.3 is 0 Å². The zero-order chi connectivity index (χ0) is 12.7. The Kier molecular flexibility index (Phi) is 2.66. The summed E-state index contributed by atoms with van der Waals surface area (Å²) in [6.45, 7) is 2.09. The molecule has 2 aliphatic heterocycles. The number of aromatic nitrogens is 2. The number of hydrogen-bond donors (Lipinski definition) is 1. The molecule has 1 aromatic rings. The topological polar surface area (TPSA) is 69.6 Å². The van der Waals surface area contributed by atoms with Crippen LogP contribution >= 0.6 is 0 Å². The Morgan fingerprint density at radius 1 is 1.39 bits per heavy atom. The second kappa shape index (κ2) is 4.20. The third kappa shape index (κ3) is 1.82. The van der Waals surface area contributed by atoms with Crippen LogP contribution in [0, 0.1) is 0 Å². The van der Waals surface area contributed by atoms with Crippen LogP contribution in [-0.4, -0.2) is 52.1 Å². The van der Waals surface area contributed by atoms with Crippen LogP contribution in [0.25, 0.3) is 0 Å². The number of nitrogens with zero attached hydrogens (tertiary/aromatic N) is 4. The van der Waals surface area contributed by atoms with Crippen LogP contribution in [0.1, 0.15) is 28.9 Å². The maximum Gasteiger partial charge on any atom is 0.257 e. The number of aliphatic hydroxyl groups excluding tert-OH is 1. The minimum atomic E-state index is -0.205. The van der Waals surface area contributed by atoms with Gasteiger partial charge in [-0.05, 0) is 12.8 Å². The average molecular weight is 248 g/mol. The first-order valence-corrected chi connectivity index (χ1v) is 6.19. The number of anilines is 1. The van der Waals surface area contributed by atoms with Crippen LogP contribution in [0.3, 0.4) is 0 Å². The Morgan fingerprint density at radius 3 is 2.83 bits per heavy atom. The lowest BCUT2D eigenvalue weighted by Gasteiger charge is -2.29. The SMILES string of the molecule is CN1Cc2nc(N3CCC(O)CC3)ncc2C1=O. The molecule has 1 fully saturated rings. The second-order valence-electron chi connectivity index (χ2n) is 4.91. The number of rotatable bonds is 1. The van der Waals surface area contributed by atoms with Crippen LogP contribution in [0.4, 0.5) is 5.95 Å². The number of carbonyl (C=O) groups is 1. The van der Waals surface area contributed by atoms with E-state index >= 15 is 0 Å². The maximum absolute atomic E-state index is 11.7. The summed E-state index contributed by atoms with van der Waals surface area (Å²) in [7, 11) is 1.76. The largest absolute Gasteiger partial charge is 0.393 e. The van der Waals surface area contributed by atoms with Crippen LogP contribution in [0.5, 0.6) is 0 Å². The summed E-state index contributed by atoms with van der Waals surface area (Å²) in [6, 6.07) is 0. The van der Waals surface area contributed by atoms with Crippen molar-refractivity contribution in [3.05, 3.63) is 17.5 Å². The molecule has 0 aliphatic carbocycles. The monoisotopic (exact) mass is 248 g/mol. The van der Waals surface area contributed by atoms with Gasteiger partial charge in [0.2, 0.25) is 5.95 Å². The van der Waals surface area contributed by atoms with Gasteiger partial charge in [-0.3, -0.25) is 4.79 Å². The van der Waals surface area contributed by atoms with Crippen molar-refractivity contribution in [1.29, 1.82) is 0 Å². The van der Waals surface area contributed by atoms with Gasteiger partial charge in [0, 0.05) is 26.3 Å². The zero-order valence-corrected chi connectivity index (χ0v) is 10.3. The van der Waals surface area contributed by atoms with Gasteiger partial charge in [-0.25, -0.2) is 9.97 Å². The highest BCUT2D eigenvalue weighted by Gasteiger charge is 2.28. The number of carbonyl (C=O) groups excluding carboxylic acids is 1. The molecule has 96 valence electrons. The lowest BCUT2D eigenvalue weighted by molar-refractivity contribution is 0.0816. The molecule has 1 N–H and O–H groups in total. The van der Waals surface area contributed by atoms with E-state index in [9.17, 15) is 9.90 Å². The van der Waals surface area contributed by atoms with E-state index in [-0.39, 0.29) is 12.0 Å². The van der Waals surface area contributed by atoms with E-state index < -0.39 is 0 Å². The Hall–Kier alpha value is -1.69. The highest BCUT2D eigenvalue weighted by molar-refractivity contribution is 5.97. The Morgan fingerprint density at radius 2 is 2.11 bits per heavy atom. The molecule has 18 heavy (non-hydrogen) atoms. The minimum absolute atomic E-state index is 0.00869. The molecule has 3 heterocycles. The molecule has 2 aliphatic rings. The third-order valence-electron chi connectivity index (χ3n) is 3.57. The Labute approximate surface area is 105 Å². The lowest BCUT2D eigenvalue weighted by atomic mass is 10.1. The Bertz CT molecular complexity index is 483. The van der Waals surface area contributed by atoms with Crippen molar-refractivity contribution < 1.29 is 9.90 Å². The third-order valence-corrected chi connectivity index (χ3v) is 3.57. The van der Waals surface area contributed by atoms with Gasteiger partial charge in [0.15, 0.2) is 0 Å². The van der Waals surface area contributed by atoms with E-state index in [0.717, 1.165) is 31.6 Å².